The average molecular weight is 363 g/mol. The van der Waals surface area contributed by atoms with E-state index in [1.807, 2.05) is 0 Å². The normalized spacial score (nSPS) is 16.9. The number of rotatable bonds is 3. The minimum absolute atomic E-state index is 0.0496. The Kier molecular flexibility index (Phi) is 3.59. The highest BCUT2D eigenvalue weighted by Gasteiger charge is 2.39. The van der Waals surface area contributed by atoms with E-state index in [1.54, 1.807) is 6.07 Å². The molecule has 0 saturated carbocycles. The number of fused-ring (bicyclic) bond motifs is 2. The maximum atomic E-state index is 11.6. The largest absolute Gasteiger partial charge is 0.537 e. The second-order valence-corrected chi connectivity index (χ2v) is 7.61. The van der Waals surface area contributed by atoms with Gasteiger partial charge < -0.3 is 25.5 Å². The molecule has 0 fully saturated rings. The lowest BCUT2D eigenvalue weighted by atomic mass is 9.77. The molecule has 0 radical (unpaired) electrons. The van der Waals surface area contributed by atoms with Gasteiger partial charge in [-0.25, -0.2) is 9.78 Å². The molecule has 1 unspecified atom stereocenters. The number of hydrogen-bond acceptors (Lipinski definition) is 9. The second kappa shape index (κ2) is 5.65. The van der Waals surface area contributed by atoms with Gasteiger partial charge in [0.05, 0.1) is 17.0 Å². The number of carboxylic acids is 1. The molecule has 5 N–H and O–H groups in total. The van der Waals surface area contributed by atoms with Gasteiger partial charge in [-0.05, 0) is 18.1 Å². The Morgan fingerprint density at radius 1 is 1.54 bits per heavy atom. The number of aromatic carboxylic acids is 1. The van der Waals surface area contributed by atoms with E-state index in [4.69, 9.17) is 10.4 Å². The van der Waals surface area contributed by atoms with E-state index in [1.165, 1.54) is 29.4 Å². The topological polar surface area (TPSA) is 147 Å². The number of benzene rings is 1. The van der Waals surface area contributed by atoms with Crippen LogP contribution in [0, 0.1) is 0 Å². The zero-order valence-electron chi connectivity index (χ0n) is 12.0. The summed E-state index contributed by atoms with van der Waals surface area (Å²) in [7, 11) is -1.18. The van der Waals surface area contributed by atoms with Crippen LogP contribution in [0.3, 0.4) is 0 Å². The van der Waals surface area contributed by atoms with E-state index in [2.05, 4.69) is 20.2 Å². The number of carbonyl (C=O) groups is 1. The molecular formula is C12H10BN5O4S2. The van der Waals surface area contributed by atoms with Crippen LogP contribution < -0.4 is 10.4 Å². The summed E-state index contributed by atoms with van der Waals surface area (Å²) >= 11 is 2.51. The van der Waals surface area contributed by atoms with E-state index in [0.29, 0.717) is 32.5 Å². The Morgan fingerprint density at radius 3 is 3.08 bits per heavy atom. The summed E-state index contributed by atoms with van der Waals surface area (Å²) in [6, 6.07) is 1.79. The third kappa shape index (κ3) is 2.48. The summed E-state index contributed by atoms with van der Waals surface area (Å²) in [6.45, 7) is 0. The van der Waals surface area contributed by atoms with Crippen molar-refractivity contribution >= 4 is 52.4 Å². The smallest absolute Gasteiger partial charge is 0.535 e. The number of aromatic nitrogens is 4. The molecule has 3 heterocycles. The molecule has 3 aromatic rings. The van der Waals surface area contributed by atoms with Gasteiger partial charge in [-0.1, -0.05) is 23.1 Å². The fourth-order valence-electron chi connectivity index (χ4n) is 2.62. The van der Waals surface area contributed by atoms with Crippen molar-refractivity contribution in [3.8, 4) is 5.75 Å². The number of hydrogen-bond donors (Lipinski definition) is 4. The van der Waals surface area contributed by atoms with Crippen LogP contribution >= 0.6 is 23.1 Å². The summed E-state index contributed by atoms with van der Waals surface area (Å²) in [5.74, 6) is -0.998. The summed E-state index contributed by atoms with van der Waals surface area (Å²) < 4.78 is 6.13. The zero-order chi connectivity index (χ0) is 16.8. The molecule has 0 aliphatic carbocycles. The standard InChI is InChI=1S/C12H10BN5O4S2/c14-11-17-18-12(24-11)23-6-2-4-1-5-8(16-3-15-5)7(10(19)20)9(4)22-13(6)21/h1,3,6,21H,2H2,(H2,14,17)(H,15,16)(H,19,20). The minimum atomic E-state index is -1.18. The molecule has 1 aliphatic heterocycles. The van der Waals surface area contributed by atoms with Crippen molar-refractivity contribution in [1.82, 2.24) is 20.2 Å². The molecule has 1 aliphatic rings. The van der Waals surface area contributed by atoms with Crippen molar-refractivity contribution in [1.29, 1.82) is 0 Å². The van der Waals surface area contributed by atoms with Crippen molar-refractivity contribution in [3.05, 3.63) is 23.5 Å². The van der Waals surface area contributed by atoms with E-state index in [0.717, 1.165) is 0 Å². The van der Waals surface area contributed by atoms with Crippen molar-refractivity contribution in [2.45, 2.75) is 15.9 Å². The highest BCUT2D eigenvalue weighted by atomic mass is 32.2. The van der Waals surface area contributed by atoms with Gasteiger partial charge in [0.1, 0.15) is 16.8 Å². The third-order valence-corrected chi connectivity index (χ3v) is 5.68. The number of thioether (sulfide) groups is 1. The van der Waals surface area contributed by atoms with Gasteiger partial charge in [-0.2, -0.15) is 0 Å². The predicted molar refractivity (Wildman–Crippen MR) is 89.3 cm³/mol. The first kappa shape index (κ1) is 15.2. The Morgan fingerprint density at radius 2 is 2.38 bits per heavy atom. The van der Waals surface area contributed by atoms with Gasteiger partial charge in [0.25, 0.3) is 0 Å². The SMILES string of the molecule is Nc1nnc(SC2Cc3cc4[nH]cnc4c(C(=O)O)c3OB2O)s1. The van der Waals surface area contributed by atoms with Gasteiger partial charge in [0.15, 0.2) is 4.34 Å². The molecule has 24 heavy (non-hydrogen) atoms. The number of aromatic amines is 1. The van der Waals surface area contributed by atoms with Crippen LogP contribution in [0.15, 0.2) is 16.7 Å². The number of H-pyrrole nitrogens is 1. The Bertz CT molecular complexity index is 945. The van der Waals surface area contributed by atoms with Gasteiger partial charge in [0, 0.05) is 0 Å². The summed E-state index contributed by atoms with van der Waals surface area (Å²) in [5, 5.41) is 27.4. The zero-order valence-corrected chi connectivity index (χ0v) is 13.6. The van der Waals surface area contributed by atoms with Crippen molar-refractivity contribution in [2.24, 2.45) is 0 Å². The molecule has 0 saturated heterocycles. The highest BCUT2D eigenvalue weighted by molar-refractivity contribution is 8.02. The number of nitrogens with one attached hydrogen (secondary N) is 1. The second-order valence-electron chi connectivity index (χ2n) is 5.12. The maximum Gasteiger partial charge on any atom is 0.537 e. The molecule has 1 aromatic carbocycles. The molecule has 0 bridgehead atoms. The van der Waals surface area contributed by atoms with E-state index in [9.17, 15) is 14.9 Å². The number of anilines is 1. The van der Waals surface area contributed by atoms with Crippen molar-refractivity contribution < 1.29 is 19.6 Å². The van der Waals surface area contributed by atoms with Crippen LogP contribution in [-0.2, 0) is 6.42 Å². The van der Waals surface area contributed by atoms with Gasteiger partial charge >= 0.3 is 13.1 Å². The fraction of sp³-hybridized carbons (Fsp3) is 0.167. The Labute approximate surface area is 143 Å². The quantitative estimate of drug-likeness (QED) is 0.496. The summed E-state index contributed by atoms with van der Waals surface area (Å²) in [4.78, 5) is 18.6. The van der Waals surface area contributed by atoms with Crippen molar-refractivity contribution in [3.63, 3.8) is 0 Å². The van der Waals surface area contributed by atoms with Crippen LogP contribution in [0.25, 0.3) is 11.0 Å². The monoisotopic (exact) mass is 363 g/mol. The molecule has 122 valence electrons. The molecule has 9 nitrogen and oxygen atoms in total. The molecule has 12 heteroatoms. The Hall–Kier alpha value is -2.31. The first-order valence-corrected chi connectivity index (χ1v) is 8.55. The van der Waals surface area contributed by atoms with E-state index in [-0.39, 0.29) is 16.5 Å². The van der Waals surface area contributed by atoms with Crippen LogP contribution in [0.5, 0.6) is 5.75 Å². The minimum Gasteiger partial charge on any atom is -0.535 e. The lowest BCUT2D eigenvalue weighted by Gasteiger charge is -2.27. The van der Waals surface area contributed by atoms with E-state index < -0.39 is 13.1 Å². The van der Waals surface area contributed by atoms with Crippen LogP contribution in [0.4, 0.5) is 5.13 Å². The number of nitrogen functional groups attached to an aromatic ring is 1. The number of imidazole rings is 1. The predicted octanol–water partition coefficient (Wildman–Crippen LogP) is 0.810. The summed E-state index contributed by atoms with van der Waals surface area (Å²) in [5.41, 5.74) is 7.10. The van der Waals surface area contributed by atoms with Gasteiger partial charge in [0.2, 0.25) is 5.13 Å². The number of carboxylic acid groups (broad SMARTS) is 1. The molecular weight excluding hydrogens is 353 g/mol. The van der Waals surface area contributed by atoms with Crippen LogP contribution in [-0.4, -0.2) is 48.5 Å². The number of nitrogens with two attached hydrogens (primary N) is 1. The van der Waals surface area contributed by atoms with Gasteiger partial charge in [-0.3, -0.25) is 0 Å². The molecule has 1 atom stereocenters. The van der Waals surface area contributed by atoms with E-state index >= 15 is 0 Å². The lowest BCUT2D eigenvalue weighted by Crippen LogP contribution is -2.40. The van der Waals surface area contributed by atoms with Crippen LogP contribution in [0.2, 0.25) is 0 Å². The molecule has 0 amide bonds. The van der Waals surface area contributed by atoms with Crippen LogP contribution in [0.1, 0.15) is 15.9 Å². The summed E-state index contributed by atoms with van der Waals surface area (Å²) in [6.07, 6.45) is 1.84. The first-order chi connectivity index (χ1) is 11.5. The lowest BCUT2D eigenvalue weighted by molar-refractivity contribution is 0.0696. The first-order valence-electron chi connectivity index (χ1n) is 6.85. The number of nitrogens with zero attached hydrogens (tertiary/aromatic N) is 3. The fourth-order valence-corrected chi connectivity index (χ4v) is 4.56. The van der Waals surface area contributed by atoms with Crippen molar-refractivity contribution in [2.75, 3.05) is 5.73 Å². The van der Waals surface area contributed by atoms with Gasteiger partial charge in [-0.15, -0.1) is 10.2 Å². The molecule has 4 rings (SSSR count). The maximum absolute atomic E-state index is 11.6. The highest BCUT2D eigenvalue weighted by Crippen LogP contribution is 2.39. The third-order valence-electron chi connectivity index (χ3n) is 3.61. The Balaban J connectivity index is 1.74. The average Bonchev–Trinajstić information content (AvgIpc) is 3.14. The molecule has 2 aromatic heterocycles. The molecule has 0 spiro atoms.